The minimum Gasteiger partial charge on any atom is -0.371 e. The van der Waals surface area contributed by atoms with E-state index >= 15 is 0 Å². The maximum absolute atomic E-state index is 13.3. The van der Waals surface area contributed by atoms with Crippen LogP contribution in [0.3, 0.4) is 0 Å². The lowest BCUT2D eigenvalue weighted by Crippen LogP contribution is -2.49. The quantitative estimate of drug-likeness (QED) is 0.892. The summed E-state index contributed by atoms with van der Waals surface area (Å²) in [6, 6.07) is 5.04. The van der Waals surface area contributed by atoms with Gasteiger partial charge in [-0.1, -0.05) is 6.07 Å². The van der Waals surface area contributed by atoms with Gasteiger partial charge in [0.25, 0.3) is 0 Å². The van der Waals surface area contributed by atoms with Crippen LogP contribution in [0.25, 0.3) is 0 Å². The van der Waals surface area contributed by atoms with Crippen molar-refractivity contribution in [1.82, 2.24) is 4.90 Å². The maximum atomic E-state index is 13.3. The largest absolute Gasteiger partial charge is 0.371 e. The van der Waals surface area contributed by atoms with E-state index in [1.54, 1.807) is 12.1 Å². The van der Waals surface area contributed by atoms with Crippen LogP contribution in [-0.4, -0.2) is 36.7 Å². The second-order valence-corrected chi connectivity index (χ2v) is 6.61. The Hall–Kier alpha value is -0.200. The molecule has 0 spiro atoms. The summed E-state index contributed by atoms with van der Waals surface area (Å²) in [6.07, 6.45) is -0.0204. The summed E-state index contributed by atoms with van der Waals surface area (Å²) in [5, 5.41) is 0. The van der Waals surface area contributed by atoms with E-state index in [9.17, 15) is 4.39 Å². The van der Waals surface area contributed by atoms with Crippen LogP contribution in [0.15, 0.2) is 22.7 Å². The summed E-state index contributed by atoms with van der Waals surface area (Å²) in [4.78, 5) is 2.30. The Kier molecular flexibility index (Phi) is 6.41. The van der Waals surface area contributed by atoms with E-state index in [1.807, 2.05) is 13.8 Å². The monoisotopic (exact) mass is 366 g/mol. The molecule has 1 heterocycles. The first kappa shape index (κ1) is 17.9. The molecule has 1 fully saturated rings. The zero-order valence-electron chi connectivity index (χ0n) is 11.7. The average Bonchev–Trinajstić information content (AvgIpc) is 2.31. The van der Waals surface area contributed by atoms with Crippen LogP contribution in [0.4, 0.5) is 4.39 Å². The number of rotatable bonds is 3. The van der Waals surface area contributed by atoms with Gasteiger partial charge in [0.2, 0.25) is 0 Å². The molecule has 6 heteroatoms. The highest BCUT2D eigenvalue weighted by Crippen LogP contribution is 2.26. The van der Waals surface area contributed by atoms with Gasteiger partial charge in [-0.15, -0.1) is 12.4 Å². The molecule has 2 rings (SSSR count). The van der Waals surface area contributed by atoms with Crippen LogP contribution >= 0.6 is 28.3 Å². The van der Waals surface area contributed by atoms with Crippen molar-refractivity contribution in [2.24, 2.45) is 5.73 Å². The summed E-state index contributed by atoms with van der Waals surface area (Å²) in [5.74, 6) is -0.250. The van der Waals surface area contributed by atoms with Gasteiger partial charge in [0.05, 0.1) is 17.2 Å². The molecule has 1 atom stereocenters. The van der Waals surface area contributed by atoms with Crippen molar-refractivity contribution in [3.63, 3.8) is 0 Å². The third-order valence-electron chi connectivity index (χ3n) is 3.10. The van der Waals surface area contributed by atoms with E-state index in [0.717, 1.165) is 25.2 Å². The number of nitrogens with two attached hydrogens (primary N) is 1. The van der Waals surface area contributed by atoms with Gasteiger partial charge in [0.1, 0.15) is 5.82 Å². The van der Waals surface area contributed by atoms with Crippen LogP contribution in [0.1, 0.15) is 25.5 Å². The van der Waals surface area contributed by atoms with Gasteiger partial charge in [0.15, 0.2) is 0 Å². The Bertz CT molecular complexity index is 453. The average molecular weight is 368 g/mol. The molecule has 0 saturated carbocycles. The Labute approximate surface area is 134 Å². The van der Waals surface area contributed by atoms with E-state index in [0.29, 0.717) is 11.1 Å². The van der Waals surface area contributed by atoms with Crippen LogP contribution < -0.4 is 5.73 Å². The summed E-state index contributed by atoms with van der Waals surface area (Å²) < 4.78 is 19.5. The summed E-state index contributed by atoms with van der Waals surface area (Å²) in [5.41, 5.74) is 6.83. The smallest absolute Gasteiger partial charge is 0.137 e. The highest BCUT2D eigenvalue weighted by molar-refractivity contribution is 9.10. The number of hydrogen-bond donors (Lipinski definition) is 1. The Morgan fingerprint density at radius 1 is 1.50 bits per heavy atom. The van der Waals surface area contributed by atoms with Crippen molar-refractivity contribution in [3.8, 4) is 0 Å². The van der Waals surface area contributed by atoms with Crippen molar-refractivity contribution in [2.75, 3.05) is 26.2 Å². The van der Waals surface area contributed by atoms with Crippen molar-refractivity contribution in [1.29, 1.82) is 0 Å². The standard InChI is InChI=1S/C14H20BrFN2O.ClH/c1-14(2,17)9-18-5-6-19-13(8-18)10-3-4-12(16)11(15)7-10;/h3-4,7,13H,5-6,8-9,17H2,1-2H3;1H. The van der Waals surface area contributed by atoms with E-state index in [1.165, 1.54) is 6.07 Å². The predicted molar refractivity (Wildman–Crippen MR) is 84.7 cm³/mol. The van der Waals surface area contributed by atoms with Crippen molar-refractivity contribution in [2.45, 2.75) is 25.5 Å². The molecule has 3 nitrogen and oxygen atoms in total. The summed E-state index contributed by atoms with van der Waals surface area (Å²) in [6.45, 7) is 7.22. The van der Waals surface area contributed by atoms with Crippen LogP contribution in [0.2, 0.25) is 0 Å². The lowest BCUT2D eigenvalue weighted by molar-refractivity contribution is -0.0347. The van der Waals surface area contributed by atoms with Gasteiger partial charge < -0.3 is 10.5 Å². The Morgan fingerprint density at radius 2 is 2.20 bits per heavy atom. The van der Waals surface area contributed by atoms with Gasteiger partial charge in [-0.05, 0) is 47.5 Å². The highest BCUT2D eigenvalue weighted by atomic mass is 79.9. The molecule has 0 amide bonds. The third kappa shape index (κ3) is 4.97. The Balaban J connectivity index is 0.00000200. The van der Waals surface area contributed by atoms with Crippen LogP contribution in [0.5, 0.6) is 0 Å². The van der Waals surface area contributed by atoms with Crippen LogP contribution in [0, 0.1) is 5.82 Å². The molecule has 1 aromatic carbocycles. The zero-order chi connectivity index (χ0) is 14.0. The van der Waals surface area contributed by atoms with Crippen molar-refractivity contribution < 1.29 is 9.13 Å². The molecule has 1 saturated heterocycles. The van der Waals surface area contributed by atoms with Gasteiger partial charge in [-0.3, -0.25) is 4.90 Å². The predicted octanol–water partition coefficient (Wildman–Crippen LogP) is 3.12. The third-order valence-corrected chi connectivity index (χ3v) is 3.70. The molecule has 0 aliphatic carbocycles. The van der Waals surface area contributed by atoms with Gasteiger partial charge in [-0.2, -0.15) is 0 Å². The molecular formula is C14H21BrClFN2O. The fraction of sp³-hybridized carbons (Fsp3) is 0.571. The highest BCUT2D eigenvalue weighted by Gasteiger charge is 2.25. The minimum absolute atomic E-state index is 0. The first-order valence-electron chi connectivity index (χ1n) is 6.43. The lowest BCUT2D eigenvalue weighted by Gasteiger charge is -2.36. The van der Waals surface area contributed by atoms with E-state index in [-0.39, 0.29) is 29.9 Å². The SMILES string of the molecule is CC(C)(N)CN1CCOC(c2ccc(F)c(Br)c2)C1.Cl. The van der Waals surface area contributed by atoms with Crippen molar-refractivity contribution >= 4 is 28.3 Å². The molecule has 0 aromatic heterocycles. The molecule has 1 unspecified atom stereocenters. The van der Waals surface area contributed by atoms with Gasteiger partial charge >= 0.3 is 0 Å². The molecule has 20 heavy (non-hydrogen) atoms. The number of morpholine rings is 1. The molecule has 1 aliphatic rings. The zero-order valence-corrected chi connectivity index (χ0v) is 14.1. The molecule has 114 valence electrons. The molecule has 1 aromatic rings. The van der Waals surface area contributed by atoms with Crippen molar-refractivity contribution in [3.05, 3.63) is 34.1 Å². The number of nitrogens with zero attached hydrogens (tertiary/aromatic N) is 1. The molecule has 0 bridgehead atoms. The van der Waals surface area contributed by atoms with Crippen LogP contribution in [-0.2, 0) is 4.74 Å². The number of hydrogen-bond acceptors (Lipinski definition) is 3. The molecule has 1 aliphatic heterocycles. The van der Waals surface area contributed by atoms with Gasteiger partial charge in [0, 0.05) is 25.2 Å². The number of halogens is 3. The second-order valence-electron chi connectivity index (χ2n) is 5.76. The first-order valence-corrected chi connectivity index (χ1v) is 7.22. The van der Waals surface area contributed by atoms with E-state index in [4.69, 9.17) is 10.5 Å². The minimum atomic E-state index is -0.250. The van der Waals surface area contributed by atoms with E-state index < -0.39 is 0 Å². The fourth-order valence-corrected chi connectivity index (χ4v) is 2.73. The molecular weight excluding hydrogens is 347 g/mol. The molecule has 2 N–H and O–H groups in total. The first-order chi connectivity index (χ1) is 8.85. The summed E-state index contributed by atoms with van der Waals surface area (Å²) in [7, 11) is 0. The lowest BCUT2D eigenvalue weighted by atomic mass is 10.0. The Morgan fingerprint density at radius 3 is 2.80 bits per heavy atom. The van der Waals surface area contributed by atoms with E-state index in [2.05, 4.69) is 20.8 Å². The fourth-order valence-electron chi connectivity index (χ4n) is 2.34. The summed E-state index contributed by atoms with van der Waals surface area (Å²) >= 11 is 3.21. The number of ether oxygens (including phenoxy) is 1. The second kappa shape index (κ2) is 7.18. The normalized spacial score (nSPS) is 20.6. The molecule has 0 radical (unpaired) electrons. The van der Waals surface area contributed by atoms with Gasteiger partial charge in [-0.25, -0.2) is 4.39 Å². The maximum Gasteiger partial charge on any atom is 0.137 e. The topological polar surface area (TPSA) is 38.5 Å². The number of benzene rings is 1.